The average Bonchev–Trinajstić information content (AvgIpc) is 2.49. The Morgan fingerprint density at radius 1 is 0.905 bits per heavy atom. The minimum absolute atomic E-state index is 0.199. The lowest BCUT2D eigenvalue weighted by atomic mass is 10.3. The molecule has 0 heterocycles. The molecule has 0 radical (unpaired) electrons. The third-order valence-electron chi connectivity index (χ3n) is 2.70. The van der Waals surface area contributed by atoms with Gasteiger partial charge in [0.25, 0.3) is 0 Å². The second-order valence-electron chi connectivity index (χ2n) is 4.40. The van der Waals surface area contributed by atoms with Gasteiger partial charge in [-0.15, -0.1) is 0 Å². The van der Waals surface area contributed by atoms with Crippen molar-refractivity contribution in [1.29, 1.82) is 0 Å². The summed E-state index contributed by atoms with van der Waals surface area (Å²) in [6.07, 6.45) is 0.664. The van der Waals surface area contributed by atoms with Crippen LogP contribution in [0.3, 0.4) is 0 Å². The lowest BCUT2D eigenvalue weighted by molar-refractivity contribution is 0.167. The maximum atomic E-state index is 12.9. The first-order valence-corrected chi connectivity index (χ1v) is 8.40. The van der Waals surface area contributed by atoms with Crippen molar-refractivity contribution in [2.45, 2.75) is 6.42 Å². The van der Waals surface area contributed by atoms with Crippen molar-refractivity contribution in [3.63, 3.8) is 0 Å². The van der Waals surface area contributed by atoms with E-state index in [0.717, 1.165) is 0 Å². The fourth-order valence-corrected chi connectivity index (χ4v) is 3.40. The normalized spacial score (nSPS) is 11.1. The van der Waals surface area contributed by atoms with E-state index in [-0.39, 0.29) is 6.16 Å². The van der Waals surface area contributed by atoms with Gasteiger partial charge in [-0.1, -0.05) is 36.4 Å². The molecule has 112 valence electrons. The molecule has 21 heavy (non-hydrogen) atoms. The van der Waals surface area contributed by atoms with Crippen LogP contribution in [0.4, 0.5) is 0 Å². The van der Waals surface area contributed by atoms with E-state index < -0.39 is 7.60 Å². The molecule has 0 atom stereocenters. The van der Waals surface area contributed by atoms with Crippen LogP contribution in [0.1, 0.15) is 6.42 Å². The summed E-state index contributed by atoms with van der Waals surface area (Å²) < 4.78 is 24.0. The molecule has 6 heteroatoms. The van der Waals surface area contributed by atoms with E-state index in [1.165, 1.54) is 0 Å². The zero-order chi connectivity index (χ0) is 15.0. The number of hydrogen-bond donors (Lipinski definition) is 2. The minimum atomic E-state index is -3.34. The molecule has 5 nitrogen and oxygen atoms in total. The average molecular weight is 307 g/mol. The van der Waals surface area contributed by atoms with Gasteiger partial charge in [-0.3, -0.25) is 0 Å². The second kappa shape index (κ2) is 7.84. The third-order valence-corrected chi connectivity index (χ3v) is 4.54. The molecule has 0 unspecified atom stereocenters. The standard InChI is InChI=1S/C15H18NO4P/c17-16-12-7-13-21(18,19-14-8-3-1-4-9-14)20-15-10-5-2-6-11-15/h1-6,8-11,16-17H,7,12-13H2. The molecular formula is C15H18NO4P. The fourth-order valence-electron chi connectivity index (χ4n) is 1.75. The molecule has 0 aliphatic carbocycles. The zero-order valence-electron chi connectivity index (χ0n) is 11.5. The molecule has 2 aromatic rings. The van der Waals surface area contributed by atoms with Crippen molar-refractivity contribution in [2.24, 2.45) is 0 Å². The Kier molecular flexibility index (Phi) is 5.81. The summed E-state index contributed by atoms with van der Waals surface area (Å²) in [5, 5.41) is 8.62. The summed E-state index contributed by atoms with van der Waals surface area (Å²) in [4.78, 5) is 0. The van der Waals surface area contributed by atoms with Crippen LogP contribution < -0.4 is 14.5 Å². The summed E-state index contributed by atoms with van der Waals surface area (Å²) in [7, 11) is -3.34. The summed E-state index contributed by atoms with van der Waals surface area (Å²) in [6.45, 7) is 0.320. The highest BCUT2D eigenvalue weighted by atomic mass is 31.2. The van der Waals surface area contributed by atoms with Crippen molar-refractivity contribution < 1.29 is 18.8 Å². The van der Waals surface area contributed by atoms with Gasteiger partial charge < -0.3 is 14.3 Å². The van der Waals surface area contributed by atoms with Crippen LogP contribution in [0.5, 0.6) is 11.5 Å². The maximum Gasteiger partial charge on any atom is 0.430 e. The predicted octanol–water partition coefficient (Wildman–Crippen LogP) is 3.71. The lowest BCUT2D eigenvalue weighted by Crippen LogP contribution is -2.13. The number of benzene rings is 2. The quantitative estimate of drug-likeness (QED) is 0.442. The van der Waals surface area contributed by atoms with Crippen LogP contribution in [0, 0.1) is 0 Å². The van der Waals surface area contributed by atoms with Gasteiger partial charge in [0.2, 0.25) is 0 Å². The van der Waals surface area contributed by atoms with Crippen LogP contribution in [0.25, 0.3) is 0 Å². The SMILES string of the molecule is O=P(CCCNO)(Oc1ccccc1)Oc1ccccc1. The van der Waals surface area contributed by atoms with E-state index >= 15 is 0 Å². The van der Waals surface area contributed by atoms with Crippen LogP contribution in [0.15, 0.2) is 60.7 Å². The molecule has 0 saturated carbocycles. The summed E-state index contributed by atoms with van der Waals surface area (Å²) in [5.41, 5.74) is 2.04. The largest absolute Gasteiger partial charge is 0.430 e. The Hall–Kier alpha value is -1.81. The van der Waals surface area contributed by atoms with E-state index in [0.29, 0.717) is 24.5 Å². The number of rotatable bonds is 8. The van der Waals surface area contributed by atoms with Gasteiger partial charge in [0.1, 0.15) is 11.5 Å². The minimum Gasteiger partial charge on any atom is -0.416 e. The topological polar surface area (TPSA) is 67.8 Å². The molecule has 2 aromatic carbocycles. The molecule has 0 fully saturated rings. The molecule has 0 aliphatic heterocycles. The Labute approximate surface area is 124 Å². The van der Waals surface area contributed by atoms with Crippen LogP contribution in [-0.2, 0) is 4.57 Å². The number of para-hydroxylation sites is 2. The monoisotopic (exact) mass is 307 g/mol. The Bertz CT molecular complexity index is 531. The summed E-state index contributed by atoms with van der Waals surface area (Å²) in [6, 6.07) is 17.8. The molecule has 0 saturated heterocycles. The first-order valence-electron chi connectivity index (χ1n) is 6.67. The van der Waals surface area contributed by atoms with E-state index in [4.69, 9.17) is 14.3 Å². The van der Waals surface area contributed by atoms with E-state index in [1.54, 1.807) is 48.5 Å². The lowest BCUT2D eigenvalue weighted by Gasteiger charge is -2.20. The van der Waals surface area contributed by atoms with Crippen LogP contribution >= 0.6 is 7.60 Å². The predicted molar refractivity (Wildman–Crippen MR) is 81.0 cm³/mol. The number of hydroxylamine groups is 1. The second-order valence-corrected chi connectivity index (χ2v) is 6.44. The molecule has 0 aliphatic rings. The van der Waals surface area contributed by atoms with Crippen molar-refractivity contribution in [3.8, 4) is 11.5 Å². The van der Waals surface area contributed by atoms with Crippen molar-refractivity contribution >= 4 is 7.60 Å². The van der Waals surface area contributed by atoms with Crippen LogP contribution in [-0.4, -0.2) is 17.9 Å². The molecule has 2 rings (SSSR count). The Balaban J connectivity index is 2.11. The van der Waals surface area contributed by atoms with Gasteiger partial charge in [0.15, 0.2) is 0 Å². The molecular weight excluding hydrogens is 289 g/mol. The number of hydrogen-bond acceptors (Lipinski definition) is 5. The summed E-state index contributed by atoms with van der Waals surface area (Å²) >= 11 is 0. The molecule has 0 aromatic heterocycles. The number of nitrogens with one attached hydrogen (secondary N) is 1. The van der Waals surface area contributed by atoms with Crippen molar-refractivity contribution in [2.75, 3.05) is 12.7 Å². The molecule has 0 bridgehead atoms. The van der Waals surface area contributed by atoms with Crippen molar-refractivity contribution in [3.05, 3.63) is 60.7 Å². The zero-order valence-corrected chi connectivity index (χ0v) is 12.4. The van der Waals surface area contributed by atoms with Gasteiger partial charge in [-0.25, -0.2) is 10.0 Å². The third kappa shape index (κ3) is 5.23. The van der Waals surface area contributed by atoms with Crippen molar-refractivity contribution in [1.82, 2.24) is 5.48 Å². The summed E-state index contributed by atoms with van der Waals surface area (Å²) in [5.74, 6) is 0.988. The smallest absolute Gasteiger partial charge is 0.416 e. The van der Waals surface area contributed by atoms with E-state index in [2.05, 4.69) is 0 Å². The van der Waals surface area contributed by atoms with Gasteiger partial charge in [0.05, 0.1) is 6.16 Å². The molecule has 0 amide bonds. The van der Waals surface area contributed by atoms with Gasteiger partial charge in [-0.2, -0.15) is 0 Å². The van der Waals surface area contributed by atoms with Gasteiger partial charge in [-0.05, 0) is 30.7 Å². The highest BCUT2D eigenvalue weighted by Gasteiger charge is 2.27. The van der Waals surface area contributed by atoms with Gasteiger partial charge in [0, 0.05) is 6.54 Å². The molecule has 0 spiro atoms. The first-order chi connectivity index (χ1) is 10.2. The van der Waals surface area contributed by atoms with Crippen LogP contribution in [0.2, 0.25) is 0 Å². The highest BCUT2D eigenvalue weighted by Crippen LogP contribution is 2.48. The Morgan fingerprint density at radius 2 is 1.38 bits per heavy atom. The highest BCUT2D eigenvalue weighted by molar-refractivity contribution is 7.54. The fraction of sp³-hybridized carbons (Fsp3) is 0.200. The van der Waals surface area contributed by atoms with Gasteiger partial charge >= 0.3 is 7.60 Å². The Morgan fingerprint density at radius 3 is 1.81 bits per heavy atom. The maximum absolute atomic E-state index is 12.9. The van der Waals surface area contributed by atoms with E-state index in [1.807, 2.05) is 17.6 Å². The molecule has 2 N–H and O–H groups in total. The van der Waals surface area contributed by atoms with E-state index in [9.17, 15) is 4.57 Å². The first kappa shape index (κ1) is 15.6.